The Balaban J connectivity index is 1.87. The molecule has 0 fully saturated rings. The lowest BCUT2D eigenvalue weighted by molar-refractivity contribution is -0.136. The van der Waals surface area contributed by atoms with Crippen molar-refractivity contribution < 1.29 is 34.0 Å². The van der Waals surface area contributed by atoms with Crippen LogP contribution >= 0.6 is 0 Å². The molecule has 0 aliphatic carbocycles. The Bertz CT molecular complexity index is 1230. The summed E-state index contributed by atoms with van der Waals surface area (Å²) in [5.74, 6) is -0.180. The van der Waals surface area contributed by atoms with Gasteiger partial charge in [0.15, 0.2) is 11.5 Å². The second-order valence-corrected chi connectivity index (χ2v) is 9.43. The molecule has 208 valence electrons. The maximum absolute atomic E-state index is 11.6. The van der Waals surface area contributed by atoms with E-state index in [-0.39, 0.29) is 18.6 Å². The van der Waals surface area contributed by atoms with Crippen LogP contribution < -0.4 is 14.2 Å². The van der Waals surface area contributed by atoms with Crippen molar-refractivity contribution in [3.8, 4) is 28.4 Å². The lowest BCUT2D eigenvalue weighted by Gasteiger charge is -2.17. The van der Waals surface area contributed by atoms with Crippen LogP contribution in [0.25, 0.3) is 11.1 Å². The number of unbranched alkanes of at least 4 members (excludes halogenated alkanes) is 4. The van der Waals surface area contributed by atoms with Gasteiger partial charge in [0.05, 0.1) is 25.2 Å². The average molecular weight is 535 g/mol. The molecule has 0 saturated heterocycles. The molecule has 3 rings (SSSR count). The number of benzene rings is 3. The van der Waals surface area contributed by atoms with Crippen LogP contribution in [-0.4, -0.2) is 35.4 Å². The van der Waals surface area contributed by atoms with Crippen molar-refractivity contribution in [3.63, 3.8) is 0 Å². The second-order valence-electron chi connectivity index (χ2n) is 9.43. The standard InChI is InChI=1S/C32H38O7/c1-3-5-7-17-37-27-16-15-23(19-29(27)38-18-8-6-4-2)22-39-28-14-10-12-25(21-30(33)34)31(28)24-11-9-13-26(20-24)32(35)36/h9-16,19-20H,3-8,17-18,21-22H2,1-2H3,(H,33,34)(H,35,36). The molecule has 3 aromatic rings. The molecule has 7 nitrogen and oxygen atoms in total. The molecule has 0 unspecified atom stereocenters. The molecule has 39 heavy (non-hydrogen) atoms. The van der Waals surface area contributed by atoms with Crippen LogP contribution in [0.1, 0.15) is 73.9 Å². The zero-order valence-electron chi connectivity index (χ0n) is 22.8. The van der Waals surface area contributed by atoms with Crippen LogP contribution in [0.15, 0.2) is 60.7 Å². The van der Waals surface area contributed by atoms with E-state index < -0.39 is 11.9 Å². The molecule has 0 amide bonds. The third-order valence-electron chi connectivity index (χ3n) is 6.27. The number of hydrogen-bond donors (Lipinski definition) is 2. The first-order valence-corrected chi connectivity index (χ1v) is 13.6. The minimum absolute atomic E-state index is 0.114. The Morgan fingerprint density at radius 1 is 0.718 bits per heavy atom. The van der Waals surface area contributed by atoms with Gasteiger partial charge in [0.2, 0.25) is 0 Å². The van der Waals surface area contributed by atoms with Gasteiger partial charge in [-0.1, -0.05) is 69.9 Å². The summed E-state index contributed by atoms with van der Waals surface area (Å²) in [4.78, 5) is 23.1. The highest BCUT2D eigenvalue weighted by molar-refractivity contribution is 5.90. The lowest BCUT2D eigenvalue weighted by Crippen LogP contribution is -2.06. The number of ether oxygens (including phenoxy) is 3. The minimum Gasteiger partial charge on any atom is -0.490 e. The van der Waals surface area contributed by atoms with Crippen molar-refractivity contribution in [1.29, 1.82) is 0 Å². The third kappa shape index (κ3) is 9.06. The number of aliphatic carboxylic acids is 1. The molecule has 7 heteroatoms. The van der Waals surface area contributed by atoms with Crippen LogP contribution in [0, 0.1) is 0 Å². The van der Waals surface area contributed by atoms with E-state index in [1.807, 2.05) is 18.2 Å². The van der Waals surface area contributed by atoms with E-state index in [0.717, 1.165) is 44.1 Å². The normalized spacial score (nSPS) is 10.7. The van der Waals surface area contributed by atoms with Gasteiger partial charge in [0.25, 0.3) is 0 Å². The van der Waals surface area contributed by atoms with Gasteiger partial charge in [0.1, 0.15) is 12.4 Å². The summed E-state index contributed by atoms with van der Waals surface area (Å²) in [6.07, 6.45) is 6.15. The Kier molecular flexibility index (Phi) is 11.7. The monoisotopic (exact) mass is 534 g/mol. The van der Waals surface area contributed by atoms with Gasteiger partial charge in [-0.3, -0.25) is 4.79 Å². The maximum Gasteiger partial charge on any atom is 0.335 e. The van der Waals surface area contributed by atoms with E-state index in [2.05, 4.69) is 13.8 Å². The summed E-state index contributed by atoms with van der Waals surface area (Å²) in [5, 5.41) is 18.9. The molecule has 0 aromatic heterocycles. The first kappa shape index (κ1) is 29.6. The summed E-state index contributed by atoms with van der Waals surface area (Å²) >= 11 is 0. The Morgan fingerprint density at radius 2 is 1.41 bits per heavy atom. The van der Waals surface area contributed by atoms with Crippen LogP contribution in [-0.2, 0) is 17.8 Å². The van der Waals surface area contributed by atoms with Crippen LogP contribution in [0.4, 0.5) is 0 Å². The summed E-state index contributed by atoms with van der Waals surface area (Å²) in [5.41, 5.74) is 2.67. The molecule has 0 bridgehead atoms. The van der Waals surface area contributed by atoms with E-state index in [1.165, 1.54) is 12.1 Å². The molecular formula is C32H38O7. The van der Waals surface area contributed by atoms with E-state index in [4.69, 9.17) is 14.2 Å². The zero-order chi connectivity index (χ0) is 28.0. The van der Waals surface area contributed by atoms with Gasteiger partial charge >= 0.3 is 11.9 Å². The first-order valence-electron chi connectivity index (χ1n) is 13.6. The molecule has 0 aliphatic rings. The van der Waals surface area contributed by atoms with Crippen molar-refractivity contribution in [2.45, 2.75) is 65.4 Å². The summed E-state index contributed by atoms with van der Waals surface area (Å²) in [6.45, 7) is 5.75. The predicted molar refractivity (Wildman–Crippen MR) is 151 cm³/mol. The average Bonchev–Trinajstić information content (AvgIpc) is 2.93. The fourth-order valence-electron chi connectivity index (χ4n) is 4.25. The molecular weight excluding hydrogens is 496 g/mol. The Hall–Kier alpha value is -4.00. The molecule has 0 radical (unpaired) electrons. The maximum atomic E-state index is 11.6. The van der Waals surface area contributed by atoms with Crippen molar-refractivity contribution in [2.75, 3.05) is 13.2 Å². The van der Waals surface area contributed by atoms with Gasteiger partial charge in [-0.2, -0.15) is 0 Å². The number of carboxylic acids is 2. The highest BCUT2D eigenvalue weighted by atomic mass is 16.5. The van der Waals surface area contributed by atoms with E-state index in [0.29, 0.717) is 47.2 Å². The number of rotatable bonds is 17. The summed E-state index contributed by atoms with van der Waals surface area (Å²) in [7, 11) is 0. The fourth-order valence-corrected chi connectivity index (χ4v) is 4.25. The van der Waals surface area contributed by atoms with E-state index in [1.54, 1.807) is 30.3 Å². The van der Waals surface area contributed by atoms with Gasteiger partial charge in [-0.15, -0.1) is 0 Å². The van der Waals surface area contributed by atoms with Crippen molar-refractivity contribution >= 4 is 11.9 Å². The van der Waals surface area contributed by atoms with Crippen LogP contribution in [0.3, 0.4) is 0 Å². The molecule has 0 aliphatic heterocycles. The largest absolute Gasteiger partial charge is 0.490 e. The quantitative estimate of drug-likeness (QED) is 0.174. The smallest absolute Gasteiger partial charge is 0.335 e. The van der Waals surface area contributed by atoms with Gasteiger partial charge in [0, 0.05) is 5.56 Å². The zero-order valence-corrected chi connectivity index (χ0v) is 22.8. The Morgan fingerprint density at radius 3 is 2.08 bits per heavy atom. The summed E-state index contributed by atoms with van der Waals surface area (Å²) < 4.78 is 18.3. The topological polar surface area (TPSA) is 102 Å². The van der Waals surface area contributed by atoms with Crippen molar-refractivity contribution in [1.82, 2.24) is 0 Å². The number of hydrogen-bond acceptors (Lipinski definition) is 5. The van der Waals surface area contributed by atoms with Gasteiger partial charge in [-0.05, 0) is 59.9 Å². The molecule has 0 heterocycles. The predicted octanol–water partition coefficient (Wildman–Crippen LogP) is 7.40. The van der Waals surface area contributed by atoms with Crippen LogP contribution in [0.2, 0.25) is 0 Å². The molecule has 3 aromatic carbocycles. The number of carbonyl (C=O) groups is 2. The highest BCUT2D eigenvalue weighted by Gasteiger charge is 2.17. The minimum atomic E-state index is -1.06. The Labute approximate surface area is 230 Å². The number of carboxylic acid groups (broad SMARTS) is 2. The van der Waals surface area contributed by atoms with Crippen molar-refractivity contribution in [2.24, 2.45) is 0 Å². The SMILES string of the molecule is CCCCCOc1ccc(COc2cccc(CC(=O)O)c2-c2cccc(C(=O)O)c2)cc1OCCCCC. The molecule has 0 saturated carbocycles. The van der Waals surface area contributed by atoms with Crippen molar-refractivity contribution in [3.05, 3.63) is 77.4 Å². The highest BCUT2D eigenvalue weighted by Crippen LogP contribution is 2.36. The second kappa shape index (κ2) is 15.4. The molecule has 2 N–H and O–H groups in total. The first-order chi connectivity index (χ1) is 18.9. The number of aromatic carboxylic acids is 1. The van der Waals surface area contributed by atoms with Crippen LogP contribution in [0.5, 0.6) is 17.2 Å². The fraction of sp³-hybridized carbons (Fsp3) is 0.375. The molecule has 0 spiro atoms. The molecule has 0 atom stereocenters. The van der Waals surface area contributed by atoms with Gasteiger partial charge < -0.3 is 24.4 Å². The van der Waals surface area contributed by atoms with E-state index >= 15 is 0 Å². The van der Waals surface area contributed by atoms with E-state index in [9.17, 15) is 19.8 Å². The van der Waals surface area contributed by atoms with Gasteiger partial charge in [-0.25, -0.2) is 4.79 Å². The lowest BCUT2D eigenvalue weighted by atomic mass is 9.95. The summed E-state index contributed by atoms with van der Waals surface area (Å²) in [6, 6.07) is 17.4. The third-order valence-corrected chi connectivity index (χ3v) is 6.27.